The third kappa shape index (κ3) is 5.12. The molecule has 0 spiro atoms. The van der Waals surface area contributed by atoms with Crippen molar-refractivity contribution in [1.29, 1.82) is 0 Å². The molecular weight excluding hydrogens is 452 g/mol. The zero-order valence-electron chi connectivity index (χ0n) is 19.9. The summed E-state index contributed by atoms with van der Waals surface area (Å²) in [4.78, 5) is 22.3. The molecule has 0 atom stereocenters. The summed E-state index contributed by atoms with van der Waals surface area (Å²) >= 11 is 1.50. The predicted molar refractivity (Wildman–Crippen MR) is 135 cm³/mol. The molecule has 0 radical (unpaired) electrons. The third-order valence-corrected chi connectivity index (χ3v) is 5.85. The highest BCUT2D eigenvalue weighted by molar-refractivity contribution is 7.98. The first-order valence-corrected chi connectivity index (χ1v) is 11.9. The van der Waals surface area contributed by atoms with Crippen LogP contribution >= 0.6 is 11.8 Å². The highest BCUT2D eigenvalue weighted by Crippen LogP contribution is 2.40. The number of carbonyl (C=O) groups excluding carboxylic acids is 1. The van der Waals surface area contributed by atoms with Crippen molar-refractivity contribution in [3.8, 4) is 17.2 Å². The number of nitrogens with one attached hydrogen (secondary N) is 3. The molecule has 0 unspecified atom stereocenters. The van der Waals surface area contributed by atoms with Gasteiger partial charge in [0.25, 0.3) is 0 Å². The Labute approximate surface area is 203 Å². The summed E-state index contributed by atoms with van der Waals surface area (Å²) in [5.74, 6) is 2.73. The quantitative estimate of drug-likeness (QED) is 0.409. The van der Waals surface area contributed by atoms with E-state index in [0.29, 0.717) is 41.3 Å². The smallest absolute Gasteiger partial charge is 0.326 e. The maximum absolute atomic E-state index is 12.7. The largest absolute Gasteiger partial charge is 0.480 e. The van der Waals surface area contributed by atoms with Gasteiger partial charge in [-0.1, -0.05) is 27.4 Å². The maximum atomic E-state index is 12.7. The van der Waals surface area contributed by atoms with E-state index < -0.39 is 0 Å². The molecule has 0 saturated carbocycles. The molecule has 10 heteroatoms. The number of carbonyl (C=O) groups is 1. The number of hydrogen-bond donors (Lipinski definition) is 3. The number of pyridine rings is 1. The number of amides is 2. The Morgan fingerprint density at radius 2 is 2.09 bits per heavy atom. The summed E-state index contributed by atoms with van der Waals surface area (Å²) in [6, 6.07) is 6.82. The lowest BCUT2D eigenvalue weighted by molar-refractivity contribution is 0.262. The van der Waals surface area contributed by atoms with Crippen molar-refractivity contribution in [2.45, 2.75) is 31.1 Å². The second kappa shape index (κ2) is 9.30. The molecule has 4 rings (SSSR count). The number of hydrogen-bond acceptors (Lipinski definition) is 7. The summed E-state index contributed by atoms with van der Waals surface area (Å²) in [5, 5.41) is 8.81. The van der Waals surface area contributed by atoms with E-state index in [9.17, 15) is 4.79 Å². The normalized spacial score (nSPS) is 12.9. The van der Waals surface area contributed by atoms with Crippen molar-refractivity contribution in [3.63, 3.8) is 0 Å². The molecule has 1 aliphatic rings. The lowest BCUT2D eigenvalue weighted by Crippen LogP contribution is -2.22. The number of benzene rings is 1. The van der Waals surface area contributed by atoms with Gasteiger partial charge in [-0.05, 0) is 24.5 Å². The number of urea groups is 1. The van der Waals surface area contributed by atoms with E-state index in [4.69, 9.17) is 9.47 Å². The van der Waals surface area contributed by atoms with Crippen LogP contribution in [-0.2, 0) is 12.5 Å². The molecule has 1 aliphatic heterocycles. The number of aromatic nitrogens is 3. The van der Waals surface area contributed by atoms with Crippen LogP contribution in [0.2, 0.25) is 0 Å². The van der Waals surface area contributed by atoms with Crippen molar-refractivity contribution in [2.75, 3.05) is 28.8 Å². The second-order valence-electron chi connectivity index (χ2n) is 8.86. The van der Waals surface area contributed by atoms with Crippen LogP contribution in [0.4, 0.5) is 22.2 Å². The molecule has 0 bridgehead atoms. The fraction of sp³-hybridized carbons (Fsp3) is 0.292. The number of thioether (sulfide) groups is 1. The number of anilines is 3. The molecule has 2 aromatic heterocycles. The molecule has 0 fully saturated rings. The Bertz CT molecular complexity index is 1250. The van der Waals surface area contributed by atoms with Gasteiger partial charge in [0.1, 0.15) is 12.4 Å². The molecule has 3 heterocycles. The predicted octanol–water partition coefficient (Wildman–Crippen LogP) is 5.59. The summed E-state index contributed by atoms with van der Waals surface area (Å²) in [6.07, 6.45) is 5.49. The summed E-state index contributed by atoms with van der Waals surface area (Å²) in [5.41, 5.74) is 2.18. The van der Waals surface area contributed by atoms with E-state index >= 15 is 0 Å². The van der Waals surface area contributed by atoms with Crippen LogP contribution in [0, 0.1) is 0 Å². The number of nitrogens with zero attached hydrogens (tertiary/aromatic N) is 3. The van der Waals surface area contributed by atoms with E-state index in [1.165, 1.54) is 11.8 Å². The second-order valence-corrected chi connectivity index (χ2v) is 9.71. The van der Waals surface area contributed by atoms with Crippen LogP contribution in [-0.4, -0.2) is 33.4 Å². The van der Waals surface area contributed by atoms with Gasteiger partial charge in [-0.25, -0.2) is 14.8 Å². The molecule has 9 nitrogen and oxygen atoms in total. The van der Waals surface area contributed by atoms with E-state index in [2.05, 4.69) is 53.3 Å². The van der Waals surface area contributed by atoms with Gasteiger partial charge in [0.05, 0.1) is 11.4 Å². The first-order valence-electron chi connectivity index (χ1n) is 10.7. The lowest BCUT2D eigenvalue weighted by Gasteiger charge is -2.22. The first-order chi connectivity index (χ1) is 16.1. The Balaban J connectivity index is 1.48. The van der Waals surface area contributed by atoms with Crippen molar-refractivity contribution in [3.05, 3.63) is 54.6 Å². The SMILES string of the molecule is C=C1COc2c(Oc3ccc(NC(=O)Nc4nc(C(C)(C)C)cn4C)c(SC)c3)ccnc2N1. The van der Waals surface area contributed by atoms with Crippen LogP contribution < -0.4 is 25.4 Å². The number of imidazole rings is 1. The zero-order valence-corrected chi connectivity index (χ0v) is 20.7. The fourth-order valence-corrected chi connectivity index (χ4v) is 3.84. The van der Waals surface area contributed by atoms with Crippen LogP contribution in [0.1, 0.15) is 26.5 Å². The number of aryl methyl sites for hydroxylation is 1. The van der Waals surface area contributed by atoms with Crippen LogP contribution in [0.3, 0.4) is 0 Å². The van der Waals surface area contributed by atoms with Crippen LogP contribution in [0.5, 0.6) is 17.2 Å². The van der Waals surface area contributed by atoms with Crippen LogP contribution in [0.15, 0.2) is 53.8 Å². The molecule has 3 aromatic rings. The Morgan fingerprint density at radius 1 is 1.29 bits per heavy atom. The minimum absolute atomic E-state index is 0.112. The van der Waals surface area contributed by atoms with Crippen molar-refractivity contribution in [1.82, 2.24) is 14.5 Å². The van der Waals surface area contributed by atoms with Gasteiger partial charge in [-0.15, -0.1) is 11.8 Å². The fourth-order valence-electron chi connectivity index (χ4n) is 3.27. The van der Waals surface area contributed by atoms with Gasteiger partial charge in [-0.3, -0.25) is 5.32 Å². The number of rotatable bonds is 5. The monoisotopic (exact) mass is 480 g/mol. The van der Waals surface area contributed by atoms with Gasteiger partial charge in [0, 0.05) is 41.5 Å². The third-order valence-electron chi connectivity index (χ3n) is 5.07. The van der Waals surface area contributed by atoms with Gasteiger partial charge in [-0.2, -0.15) is 0 Å². The maximum Gasteiger partial charge on any atom is 0.326 e. The van der Waals surface area contributed by atoms with Crippen molar-refractivity contribution in [2.24, 2.45) is 7.05 Å². The average molecular weight is 481 g/mol. The Morgan fingerprint density at radius 3 is 2.79 bits per heavy atom. The molecule has 178 valence electrons. The number of ether oxygens (including phenoxy) is 2. The number of fused-ring (bicyclic) bond motifs is 1. The van der Waals surface area contributed by atoms with E-state index in [-0.39, 0.29) is 11.4 Å². The van der Waals surface area contributed by atoms with E-state index in [1.807, 2.05) is 25.6 Å². The summed E-state index contributed by atoms with van der Waals surface area (Å²) in [7, 11) is 1.85. The van der Waals surface area contributed by atoms with Gasteiger partial charge in [0.2, 0.25) is 11.7 Å². The van der Waals surface area contributed by atoms with Gasteiger partial charge >= 0.3 is 6.03 Å². The first kappa shape index (κ1) is 23.5. The van der Waals surface area contributed by atoms with E-state index in [0.717, 1.165) is 16.3 Å². The van der Waals surface area contributed by atoms with Gasteiger partial charge < -0.3 is 24.7 Å². The average Bonchev–Trinajstić information content (AvgIpc) is 3.15. The van der Waals surface area contributed by atoms with E-state index in [1.54, 1.807) is 29.0 Å². The Hall–Kier alpha value is -3.66. The minimum Gasteiger partial charge on any atom is -0.480 e. The molecule has 3 N–H and O–H groups in total. The van der Waals surface area contributed by atoms with Gasteiger partial charge in [0.15, 0.2) is 11.6 Å². The highest BCUT2D eigenvalue weighted by Gasteiger charge is 2.21. The summed E-state index contributed by atoms with van der Waals surface area (Å²) in [6.45, 7) is 10.4. The molecular formula is C24H28N6O3S. The Kier molecular flexibility index (Phi) is 6.43. The minimum atomic E-state index is -0.374. The summed E-state index contributed by atoms with van der Waals surface area (Å²) < 4.78 is 13.6. The standard InChI is InChI=1S/C24H28N6O3S/c1-14-13-32-20-17(9-10-25-21(20)26-14)33-15-7-8-16(18(11-15)34-6)27-23(31)29-22-28-19(12-30(22)5)24(2,3)4/h7-12H,1,13H2,2-6H3,(H,25,26)(H2,27,28,29,31). The topological polar surface area (TPSA) is 102 Å². The molecule has 0 aliphatic carbocycles. The zero-order chi connectivity index (χ0) is 24.5. The van der Waals surface area contributed by atoms with Crippen molar-refractivity contribution < 1.29 is 14.3 Å². The van der Waals surface area contributed by atoms with Crippen molar-refractivity contribution >= 4 is 35.2 Å². The lowest BCUT2D eigenvalue weighted by atomic mass is 9.93. The molecule has 1 aromatic carbocycles. The molecule has 0 saturated heterocycles. The highest BCUT2D eigenvalue weighted by atomic mass is 32.2. The van der Waals surface area contributed by atoms with Crippen LogP contribution in [0.25, 0.3) is 0 Å². The molecule has 34 heavy (non-hydrogen) atoms. The molecule has 2 amide bonds.